The summed E-state index contributed by atoms with van der Waals surface area (Å²) in [5.41, 5.74) is 1.41. The van der Waals surface area contributed by atoms with E-state index in [1.165, 1.54) is 0 Å². The van der Waals surface area contributed by atoms with Gasteiger partial charge in [-0.25, -0.2) is 0 Å². The molecule has 1 amide bonds. The number of nitrogens with one attached hydrogen (secondary N) is 1. The van der Waals surface area contributed by atoms with E-state index in [4.69, 9.17) is 5.26 Å². The minimum atomic E-state index is -1.51. The molecule has 1 atom stereocenters. The molecule has 1 rings (SSSR count). The monoisotopic (exact) mass is 288 g/mol. The minimum absolute atomic E-state index is 0.0834. The fourth-order valence-electron chi connectivity index (χ4n) is 1.56. The predicted molar refractivity (Wildman–Crippen MR) is 74.3 cm³/mol. The number of ketones is 1. The standard InChI is InChI=1S/C15H16N2O4/c1-3-21-15(20)12(8-16)13(18)9-17-14(19)11-6-4-10(2)5-7-11/h4-7,12H,3,9H2,1-2H3,(H,17,19)/t12-/m1/s1. The summed E-state index contributed by atoms with van der Waals surface area (Å²) in [6.07, 6.45) is 0. The van der Waals surface area contributed by atoms with Gasteiger partial charge in [0, 0.05) is 5.56 Å². The summed E-state index contributed by atoms with van der Waals surface area (Å²) in [5, 5.41) is 11.2. The SMILES string of the molecule is CCOC(=O)[C@H](C#N)C(=O)CNC(=O)c1ccc(C)cc1. The number of amides is 1. The normalized spacial score (nSPS) is 11.1. The van der Waals surface area contributed by atoms with Crippen LogP contribution in [0.5, 0.6) is 0 Å². The molecule has 0 aliphatic heterocycles. The number of Topliss-reactive ketones (excluding diaryl/α,β-unsaturated/α-hetero) is 1. The lowest BCUT2D eigenvalue weighted by Gasteiger charge is -2.08. The van der Waals surface area contributed by atoms with E-state index >= 15 is 0 Å². The van der Waals surface area contributed by atoms with Crippen molar-refractivity contribution < 1.29 is 19.1 Å². The number of ether oxygens (including phenoxy) is 1. The molecule has 0 aromatic heterocycles. The molecule has 0 unspecified atom stereocenters. The fraction of sp³-hybridized carbons (Fsp3) is 0.333. The van der Waals surface area contributed by atoms with Gasteiger partial charge in [-0.1, -0.05) is 17.7 Å². The third kappa shape index (κ3) is 4.73. The molecule has 0 saturated carbocycles. The summed E-state index contributed by atoms with van der Waals surface area (Å²) in [4.78, 5) is 34.9. The zero-order valence-electron chi connectivity index (χ0n) is 11.9. The maximum atomic E-state index is 11.8. The first-order valence-electron chi connectivity index (χ1n) is 6.43. The Balaban J connectivity index is 2.59. The molecule has 0 aliphatic rings. The molecule has 0 heterocycles. The topological polar surface area (TPSA) is 96.3 Å². The van der Waals surface area contributed by atoms with Gasteiger partial charge in [0.1, 0.15) is 0 Å². The van der Waals surface area contributed by atoms with E-state index in [0.717, 1.165) is 5.56 Å². The van der Waals surface area contributed by atoms with Gasteiger partial charge in [0.25, 0.3) is 5.91 Å². The molecule has 0 fully saturated rings. The second-order valence-corrected chi connectivity index (χ2v) is 4.33. The third-order valence-electron chi connectivity index (χ3n) is 2.71. The minimum Gasteiger partial charge on any atom is -0.465 e. The van der Waals surface area contributed by atoms with Crippen LogP contribution in [-0.2, 0) is 14.3 Å². The Morgan fingerprint density at radius 2 is 1.90 bits per heavy atom. The van der Waals surface area contributed by atoms with E-state index in [2.05, 4.69) is 10.1 Å². The van der Waals surface area contributed by atoms with Gasteiger partial charge in [0.05, 0.1) is 19.2 Å². The molecule has 0 saturated heterocycles. The Morgan fingerprint density at radius 1 is 1.29 bits per heavy atom. The van der Waals surface area contributed by atoms with Gasteiger partial charge >= 0.3 is 5.97 Å². The molecule has 0 radical (unpaired) electrons. The van der Waals surface area contributed by atoms with Crippen molar-refractivity contribution >= 4 is 17.7 Å². The van der Waals surface area contributed by atoms with Crippen molar-refractivity contribution in [1.82, 2.24) is 5.32 Å². The quantitative estimate of drug-likeness (QED) is 0.622. The lowest BCUT2D eigenvalue weighted by molar-refractivity contribution is -0.148. The average molecular weight is 288 g/mol. The number of esters is 1. The number of rotatable bonds is 6. The lowest BCUT2D eigenvalue weighted by atomic mass is 10.1. The maximum absolute atomic E-state index is 11.8. The Morgan fingerprint density at radius 3 is 2.43 bits per heavy atom. The maximum Gasteiger partial charge on any atom is 0.331 e. The van der Waals surface area contributed by atoms with Crippen LogP contribution >= 0.6 is 0 Å². The van der Waals surface area contributed by atoms with E-state index in [1.54, 1.807) is 37.3 Å². The fourth-order valence-corrected chi connectivity index (χ4v) is 1.56. The molecular formula is C15H16N2O4. The first-order valence-corrected chi connectivity index (χ1v) is 6.43. The zero-order valence-corrected chi connectivity index (χ0v) is 11.9. The van der Waals surface area contributed by atoms with E-state index in [1.807, 2.05) is 6.92 Å². The smallest absolute Gasteiger partial charge is 0.331 e. The van der Waals surface area contributed by atoms with Gasteiger partial charge in [0.2, 0.25) is 5.92 Å². The number of nitriles is 1. The highest BCUT2D eigenvalue weighted by Crippen LogP contribution is 2.04. The summed E-state index contributed by atoms with van der Waals surface area (Å²) in [6, 6.07) is 8.38. The van der Waals surface area contributed by atoms with Crippen LogP contribution in [-0.4, -0.2) is 30.8 Å². The number of carbonyl (C=O) groups is 3. The predicted octanol–water partition coefficient (Wildman–Crippen LogP) is 0.997. The highest BCUT2D eigenvalue weighted by Gasteiger charge is 2.27. The molecular weight excluding hydrogens is 272 g/mol. The van der Waals surface area contributed by atoms with Crippen molar-refractivity contribution in [3.8, 4) is 6.07 Å². The Bertz CT molecular complexity index is 572. The molecule has 0 aliphatic carbocycles. The van der Waals surface area contributed by atoms with Gasteiger partial charge < -0.3 is 10.1 Å². The van der Waals surface area contributed by atoms with Crippen LogP contribution in [0, 0.1) is 24.2 Å². The number of nitrogens with zero attached hydrogens (tertiary/aromatic N) is 1. The van der Waals surface area contributed by atoms with Gasteiger partial charge in [-0.15, -0.1) is 0 Å². The van der Waals surface area contributed by atoms with Gasteiger partial charge in [0.15, 0.2) is 5.78 Å². The summed E-state index contributed by atoms with van der Waals surface area (Å²) >= 11 is 0. The Labute approximate surface area is 122 Å². The van der Waals surface area contributed by atoms with Crippen LogP contribution in [0.2, 0.25) is 0 Å². The van der Waals surface area contributed by atoms with Gasteiger partial charge in [-0.05, 0) is 26.0 Å². The molecule has 1 N–H and O–H groups in total. The summed E-state index contributed by atoms with van der Waals surface area (Å²) in [5.74, 6) is -3.54. The largest absolute Gasteiger partial charge is 0.465 e. The van der Waals surface area contributed by atoms with Crippen molar-refractivity contribution in [3.05, 3.63) is 35.4 Å². The molecule has 6 heteroatoms. The van der Waals surface area contributed by atoms with Crippen LogP contribution in [0.1, 0.15) is 22.8 Å². The molecule has 0 bridgehead atoms. The van der Waals surface area contributed by atoms with E-state index in [0.29, 0.717) is 5.56 Å². The molecule has 6 nitrogen and oxygen atoms in total. The highest BCUT2D eigenvalue weighted by atomic mass is 16.5. The van der Waals surface area contributed by atoms with Crippen molar-refractivity contribution in [3.63, 3.8) is 0 Å². The van der Waals surface area contributed by atoms with Crippen molar-refractivity contribution in [2.75, 3.05) is 13.2 Å². The Hall–Kier alpha value is -2.68. The van der Waals surface area contributed by atoms with Gasteiger partial charge in [-0.2, -0.15) is 5.26 Å². The summed E-state index contributed by atoms with van der Waals surface area (Å²) in [6.45, 7) is 3.15. The second-order valence-electron chi connectivity index (χ2n) is 4.33. The number of carbonyl (C=O) groups excluding carboxylic acids is 3. The van der Waals surface area contributed by atoms with E-state index < -0.39 is 30.1 Å². The average Bonchev–Trinajstić information content (AvgIpc) is 2.46. The second kappa shape index (κ2) is 7.80. The molecule has 0 spiro atoms. The molecule has 21 heavy (non-hydrogen) atoms. The first kappa shape index (κ1) is 16.4. The van der Waals surface area contributed by atoms with Crippen LogP contribution in [0.25, 0.3) is 0 Å². The van der Waals surface area contributed by atoms with Crippen LogP contribution in [0.3, 0.4) is 0 Å². The van der Waals surface area contributed by atoms with Crippen LogP contribution in [0.4, 0.5) is 0 Å². The zero-order chi connectivity index (χ0) is 15.8. The van der Waals surface area contributed by atoms with Crippen LogP contribution < -0.4 is 5.32 Å². The first-order chi connectivity index (χ1) is 9.99. The van der Waals surface area contributed by atoms with Crippen molar-refractivity contribution in [2.24, 2.45) is 5.92 Å². The Kier molecular flexibility index (Phi) is 6.08. The number of benzene rings is 1. The number of hydrogen-bond donors (Lipinski definition) is 1. The summed E-state index contributed by atoms with van der Waals surface area (Å²) in [7, 11) is 0. The molecule has 1 aromatic carbocycles. The molecule has 110 valence electrons. The third-order valence-corrected chi connectivity index (χ3v) is 2.71. The van der Waals surface area contributed by atoms with E-state index in [-0.39, 0.29) is 6.61 Å². The number of hydrogen-bond acceptors (Lipinski definition) is 5. The lowest BCUT2D eigenvalue weighted by Crippen LogP contribution is -2.36. The molecule has 1 aromatic rings. The van der Waals surface area contributed by atoms with E-state index in [9.17, 15) is 14.4 Å². The summed E-state index contributed by atoms with van der Waals surface area (Å²) < 4.78 is 4.63. The van der Waals surface area contributed by atoms with Crippen molar-refractivity contribution in [2.45, 2.75) is 13.8 Å². The van der Waals surface area contributed by atoms with Crippen molar-refractivity contribution in [1.29, 1.82) is 5.26 Å². The highest BCUT2D eigenvalue weighted by molar-refractivity contribution is 6.04. The van der Waals surface area contributed by atoms with Gasteiger partial charge in [-0.3, -0.25) is 14.4 Å². The number of aryl methyl sites for hydroxylation is 1. The van der Waals surface area contributed by atoms with Crippen LogP contribution in [0.15, 0.2) is 24.3 Å².